The number of benzene rings is 2. The number of carbonyl (C=O) groups is 2. The number of ether oxygens (including phenoxy) is 2. The van der Waals surface area contributed by atoms with Crippen LogP contribution in [0.4, 0.5) is 11.4 Å². The van der Waals surface area contributed by atoms with E-state index >= 15 is 0 Å². The van der Waals surface area contributed by atoms with E-state index < -0.39 is 11.9 Å². The van der Waals surface area contributed by atoms with Crippen LogP contribution in [0.2, 0.25) is 0 Å². The lowest BCUT2D eigenvalue weighted by Crippen LogP contribution is -2.31. The molecule has 0 bridgehead atoms. The summed E-state index contributed by atoms with van der Waals surface area (Å²) in [5.74, 6) is 0.657. The van der Waals surface area contributed by atoms with Crippen molar-refractivity contribution < 1.29 is 19.1 Å². The van der Waals surface area contributed by atoms with Gasteiger partial charge in [0.05, 0.1) is 36.6 Å². The largest absolute Gasteiger partial charge is 0.465 e. The summed E-state index contributed by atoms with van der Waals surface area (Å²) >= 11 is 0. The average molecular weight is 617 g/mol. The molecule has 6 heteroatoms. The maximum Gasteiger partial charge on any atom is 0.338 e. The SMILES string of the molecule is CCCCOC(=O)CC(C(=O)OCCCC)=C1N(c2c(C(C)C)cccc2C(C)C)C=CN1c1c(C(C)C)cccc1C(C)C. The molecule has 0 radical (unpaired) electrons. The number of hydrogen-bond acceptors (Lipinski definition) is 6. The highest BCUT2D eigenvalue weighted by Crippen LogP contribution is 2.45. The third-order valence-corrected chi connectivity index (χ3v) is 8.32. The van der Waals surface area contributed by atoms with E-state index in [0.717, 1.165) is 37.1 Å². The molecule has 0 N–H and O–H groups in total. The van der Waals surface area contributed by atoms with Gasteiger partial charge in [0.15, 0.2) is 0 Å². The number of unbranched alkanes of at least 4 members (excludes halogenated alkanes) is 2. The topological polar surface area (TPSA) is 59.1 Å². The van der Waals surface area contributed by atoms with E-state index in [9.17, 15) is 9.59 Å². The highest BCUT2D eigenvalue weighted by Gasteiger charge is 2.36. The van der Waals surface area contributed by atoms with Crippen LogP contribution in [0.3, 0.4) is 0 Å². The molecule has 45 heavy (non-hydrogen) atoms. The van der Waals surface area contributed by atoms with E-state index in [1.54, 1.807) is 0 Å². The zero-order chi connectivity index (χ0) is 33.3. The van der Waals surface area contributed by atoms with Crippen LogP contribution in [0, 0.1) is 0 Å². The second-order valence-electron chi connectivity index (χ2n) is 13.3. The highest BCUT2D eigenvalue weighted by atomic mass is 16.5. The molecule has 1 aliphatic rings. The second-order valence-corrected chi connectivity index (χ2v) is 13.3. The molecule has 0 saturated carbocycles. The summed E-state index contributed by atoms with van der Waals surface area (Å²) in [7, 11) is 0. The summed E-state index contributed by atoms with van der Waals surface area (Å²) in [5.41, 5.74) is 7.10. The van der Waals surface area contributed by atoms with Crippen molar-refractivity contribution in [3.8, 4) is 0 Å². The van der Waals surface area contributed by atoms with Crippen LogP contribution < -0.4 is 9.80 Å². The first-order chi connectivity index (χ1) is 21.4. The Bertz CT molecular complexity index is 1240. The Hall–Kier alpha value is -3.54. The summed E-state index contributed by atoms with van der Waals surface area (Å²) in [6, 6.07) is 12.9. The molecule has 6 nitrogen and oxygen atoms in total. The van der Waals surface area contributed by atoms with E-state index in [1.165, 1.54) is 22.3 Å². The van der Waals surface area contributed by atoms with Gasteiger partial charge >= 0.3 is 11.9 Å². The van der Waals surface area contributed by atoms with Crippen molar-refractivity contribution in [2.24, 2.45) is 0 Å². The van der Waals surface area contributed by atoms with E-state index in [0.29, 0.717) is 24.6 Å². The van der Waals surface area contributed by atoms with Crippen LogP contribution in [0.5, 0.6) is 0 Å². The zero-order valence-corrected chi connectivity index (χ0v) is 29.4. The third kappa shape index (κ3) is 8.59. The number of hydrogen-bond donors (Lipinski definition) is 0. The molecule has 0 saturated heterocycles. The highest BCUT2D eigenvalue weighted by molar-refractivity contribution is 5.97. The Morgan fingerprint density at radius 3 is 1.36 bits per heavy atom. The molecule has 0 amide bonds. The minimum Gasteiger partial charge on any atom is -0.465 e. The summed E-state index contributed by atoms with van der Waals surface area (Å²) < 4.78 is 11.5. The molecule has 1 aliphatic heterocycles. The monoisotopic (exact) mass is 616 g/mol. The van der Waals surface area contributed by atoms with Crippen LogP contribution in [0.1, 0.15) is 147 Å². The van der Waals surface area contributed by atoms with Crippen LogP contribution >= 0.6 is 0 Å². The number of carbonyl (C=O) groups excluding carboxylic acids is 2. The van der Waals surface area contributed by atoms with Crippen molar-refractivity contribution in [1.82, 2.24) is 0 Å². The number of nitrogens with zero attached hydrogens (tertiary/aromatic N) is 2. The quantitative estimate of drug-likeness (QED) is 0.113. The average Bonchev–Trinajstić information content (AvgIpc) is 3.43. The molecule has 1 heterocycles. The van der Waals surface area contributed by atoms with Crippen LogP contribution in [-0.4, -0.2) is 25.2 Å². The van der Waals surface area contributed by atoms with Crippen molar-refractivity contribution in [3.05, 3.63) is 82.4 Å². The Labute approximate surface area is 272 Å². The molecule has 2 aromatic rings. The van der Waals surface area contributed by atoms with Crippen molar-refractivity contribution >= 4 is 23.3 Å². The zero-order valence-electron chi connectivity index (χ0n) is 29.4. The van der Waals surface area contributed by atoms with Gasteiger partial charge in [0.2, 0.25) is 0 Å². The minimum atomic E-state index is -0.481. The Balaban J connectivity index is 2.42. The molecule has 2 aromatic carbocycles. The normalized spacial score (nSPS) is 13.2. The first kappa shape index (κ1) is 35.9. The first-order valence-corrected chi connectivity index (χ1v) is 17.0. The van der Waals surface area contributed by atoms with Gasteiger partial charge in [-0.15, -0.1) is 0 Å². The van der Waals surface area contributed by atoms with Gasteiger partial charge < -0.3 is 19.3 Å². The number of esters is 2. The molecule has 0 spiro atoms. The summed E-state index contributed by atoms with van der Waals surface area (Å²) in [6.07, 6.45) is 7.26. The fourth-order valence-electron chi connectivity index (χ4n) is 5.79. The fraction of sp³-hybridized carbons (Fsp3) is 0.538. The van der Waals surface area contributed by atoms with Gasteiger partial charge in [-0.1, -0.05) is 118 Å². The third-order valence-electron chi connectivity index (χ3n) is 8.32. The van der Waals surface area contributed by atoms with Gasteiger partial charge in [0, 0.05) is 12.4 Å². The predicted molar refractivity (Wildman–Crippen MR) is 187 cm³/mol. The van der Waals surface area contributed by atoms with Gasteiger partial charge in [-0.05, 0) is 58.8 Å². The van der Waals surface area contributed by atoms with Gasteiger partial charge in [-0.3, -0.25) is 4.79 Å². The summed E-state index contributed by atoms with van der Waals surface area (Å²) in [4.78, 5) is 31.8. The lowest BCUT2D eigenvalue weighted by Gasteiger charge is -2.34. The van der Waals surface area contributed by atoms with Gasteiger partial charge in [-0.2, -0.15) is 0 Å². The molecule has 0 aromatic heterocycles. The fourth-order valence-corrected chi connectivity index (χ4v) is 5.79. The van der Waals surface area contributed by atoms with Gasteiger partial charge in [0.25, 0.3) is 0 Å². The molecule has 246 valence electrons. The Kier molecular flexibility index (Phi) is 13.3. The lowest BCUT2D eigenvalue weighted by molar-refractivity contribution is -0.146. The van der Waals surface area contributed by atoms with Crippen LogP contribution in [0.15, 0.2) is 60.2 Å². The number of para-hydroxylation sites is 2. The smallest absolute Gasteiger partial charge is 0.338 e. The lowest BCUT2D eigenvalue weighted by atomic mass is 9.91. The number of anilines is 2. The van der Waals surface area contributed by atoms with Crippen LogP contribution in [0.25, 0.3) is 0 Å². The molecular formula is C39H56N2O4. The standard InChI is InChI=1S/C39H56N2O4/c1-11-13-23-44-35(42)25-34(39(43)45-24-14-12-2)38-40(36-30(26(3)4)17-15-18-31(36)27(5)6)21-22-41(38)37-32(28(7)8)19-16-20-33(37)29(9)10/h15-22,26-29H,11-14,23-25H2,1-10H3. The molecule has 0 fully saturated rings. The summed E-state index contributed by atoms with van der Waals surface area (Å²) in [6.45, 7) is 22.3. The van der Waals surface area contributed by atoms with E-state index in [4.69, 9.17) is 9.47 Å². The maximum absolute atomic E-state index is 14.1. The minimum absolute atomic E-state index is 0.180. The van der Waals surface area contributed by atoms with E-state index in [-0.39, 0.29) is 30.1 Å². The predicted octanol–water partition coefficient (Wildman–Crippen LogP) is 10.3. The number of rotatable bonds is 15. The first-order valence-electron chi connectivity index (χ1n) is 17.0. The molecule has 3 rings (SSSR count). The maximum atomic E-state index is 14.1. The molecule has 0 unspecified atom stereocenters. The van der Waals surface area contributed by atoms with Gasteiger partial charge in [0.1, 0.15) is 5.82 Å². The Morgan fingerprint density at radius 2 is 1.00 bits per heavy atom. The molecule has 0 aliphatic carbocycles. The second kappa shape index (κ2) is 16.7. The molecular weight excluding hydrogens is 560 g/mol. The summed E-state index contributed by atoms with van der Waals surface area (Å²) in [5, 5.41) is 0. The van der Waals surface area contributed by atoms with Crippen molar-refractivity contribution in [3.63, 3.8) is 0 Å². The van der Waals surface area contributed by atoms with E-state index in [1.807, 2.05) is 12.4 Å². The van der Waals surface area contributed by atoms with E-state index in [2.05, 4.69) is 115 Å². The Morgan fingerprint density at radius 1 is 0.622 bits per heavy atom. The van der Waals surface area contributed by atoms with Gasteiger partial charge in [-0.25, -0.2) is 4.79 Å². The van der Waals surface area contributed by atoms with Crippen molar-refractivity contribution in [2.75, 3.05) is 23.0 Å². The van der Waals surface area contributed by atoms with Crippen LogP contribution in [-0.2, 0) is 19.1 Å². The van der Waals surface area contributed by atoms with Crippen molar-refractivity contribution in [1.29, 1.82) is 0 Å². The van der Waals surface area contributed by atoms with Crippen molar-refractivity contribution in [2.45, 2.75) is 125 Å². The molecule has 0 atom stereocenters.